The van der Waals surface area contributed by atoms with Crippen molar-refractivity contribution in [3.05, 3.63) is 29.6 Å². The van der Waals surface area contributed by atoms with Gasteiger partial charge >= 0.3 is 5.97 Å². The first kappa shape index (κ1) is 15.5. The van der Waals surface area contributed by atoms with Gasteiger partial charge in [-0.1, -0.05) is 51.2 Å². The molecule has 0 bridgehead atoms. The van der Waals surface area contributed by atoms with Crippen molar-refractivity contribution in [1.82, 2.24) is 0 Å². The van der Waals surface area contributed by atoms with Crippen LogP contribution in [0.2, 0.25) is 0 Å². The lowest BCUT2D eigenvalue weighted by atomic mass is 9.91. The van der Waals surface area contributed by atoms with Gasteiger partial charge in [0, 0.05) is 0 Å². The number of nitrogens with two attached hydrogens (primary N) is 1. The van der Waals surface area contributed by atoms with Crippen LogP contribution in [0.3, 0.4) is 0 Å². The maximum Gasteiger partial charge on any atom is 0.311 e. The first-order chi connectivity index (χ1) is 9.07. The summed E-state index contributed by atoms with van der Waals surface area (Å²) >= 11 is 0. The Labute approximate surface area is 113 Å². The summed E-state index contributed by atoms with van der Waals surface area (Å²) in [6.45, 7) is 2.13. The molecule has 0 fully saturated rings. The maximum atomic E-state index is 13.4. The summed E-state index contributed by atoms with van der Waals surface area (Å²) in [7, 11) is 0. The lowest BCUT2D eigenvalue weighted by Gasteiger charge is -2.15. The van der Waals surface area contributed by atoms with Gasteiger partial charge in [-0.05, 0) is 18.1 Å². The summed E-state index contributed by atoms with van der Waals surface area (Å²) in [6, 6.07) is 4.36. The molecule has 0 aliphatic heterocycles. The zero-order valence-electron chi connectivity index (χ0n) is 11.4. The van der Waals surface area contributed by atoms with Crippen molar-refractivity contribution in [2.75, 3.05) is 5.73 Å². The third kappa shape index (κ3) is 4.54. The Balaban J connectivity index is 2.67. The van der Waals surface area contributed by atoms with E-state index in [9.17, 15) is 14.3 Å². The lowest BCUT2D eigenvalue weighted by molar-refractivity contribution is -0.139. The topological polar surface area (TPSA) is 63.3 Å². The van der Waals surface area contributed by atoms with Crippen molar-refractivity contribution in [3.8, 4) is 0 Å². The van der Waals surface area contributed by atoms with Gasteiger partial charge < -0.3 is 10.8 Å². The quantitative estimate of drug-likeness (QED) is 0.554. The number of carboxylic acid groups (broad SMARTS) is 1. The second kappa shape index (κ2) is 7.77. The first-order valence-corrected chi connectivity index (χ1v) is 6.84. The van der Waals surface area contributed by atoms with Gasteiger partial charge in [-0.3, -0.25) is 4.79 Å². The molecule has 1 rings (SSSR count). The highest BCUT2D eigenvalue weighted by atomic mass is 19.1. The molecule has 4 heteroatoms. The molecule has 1 aromatic rings. The van der Waals surface area contributed by atoms with E-state index in [1.54, 1.807) is 6.07 Å². The van der Waals surface area contributed by atoms with E-state index in [2.05, 4.69) is 6.92 Å². The number of hydrogen-bond acceptors (Lipinski definition) is 2. The van der Waals surface area contributed by atoms with Crippen LogP contribution >= 0.6 is 0 Å². The number of benzene rings is 1. The minimum absolute atomic E-state index is 0.0385. The number of para-hydroxylation sites is 1. The van der Waals surface area contributed by atoms with Gasteiger partial charge in [-0.2, -0.15) is 0 Å². The van der Waals surface area contributed by atoms with Crippen LogP contribution in [0.1, 0.15) is 56.9 Å². The molecule has 0 heterocycles. The number of aliphatic carboxylic acids is 1. The van der Waals surface area contributed by atoms with Crippen LogP contribution in [0.5, 0.6) is 0 Å². The average Bonchev–Trinajstić information content (AvgIpc) is 2.37. The van der Waals surface area contributed by atoms with Crippen LogP contribution in [0, 0.1) is 5.82 Å². The molecule has 0 radical (unpaired) electrons. The summed E-state index contributed by atoms with van der Waals surface area (Å²) in [4.78, 5) is 11.3. The molecular formula is C15H22FNO2. The molecule has 0 amide bonds. The average molecular weight is 267 g/mol. The predicted molar refractivity (Wildman–Crippen MR) is 74.6 cm³/mol. The van der Waals surface area contributed by atoms with E-state index in [-0.39, 0.29) is 5.69 Å². The van der Waals surface area contributed by atoms with Crippen molar-refractivity contribution >= 4 is 11.7 Å². The highest BCUT2D eigenvalue weighted by Crippen LogP contribution is 2.29. The molecule has 3 N–H and O–H groups in total. The second-order valence-corrected chi connectivity index (χ2v) is 4.84. The van der Waals surface area contributed by atoms with Crippen molar-refractivity contribution in [1.29, 1.82) is 0 Å². The van der Waals surface area contributed by atoms with Crippen LogP contribution in [-0.2, 0) is 4.79 Å². The van der Waals surface area contributed by atoms with E-state index < -0.39 is 17.7 Å². The van der Waals surface area contributed by atoms with E-state index in [0.29, 0.717) is 12.0 Å². The van der Waals surface area contributed by atoms with E-state index in [1.165, 1.54) is 18.6 Å². The van der Waals surface area contributed by atoms with Gasteiger partial charge in [-0.25, -0.2) is 4.39 Å². The first-order valence-electron chi connectivity index (χ1n) is 6.84. The summed E-state index contributed by atoms with van der Waals surface area (Å²) in [5.74, 6) is -2.19. The van der Waals surface area contributed by atoms with Crippen molar-refractivity contribution in [3.63, 3.8) is 0 Å². The smallest absolute Gasteiger partial charge is 0.311 e. The summed E-state index contributed by atoms with van der Waals surface area (Å²) in [5.41, 5.74) is 5.99. The number of nitrogen functional groups attached to an aromatic ring is 1. The third-order valence-electron chi connectivity index (χ3n) is 3.36. The second-order valence-electron chi connectivity index (χ2n) is 4.84. The van der Waals surface area contributed by atoms with Gasteiger partial charge in [-0.15, -0.1) is 0 Å². The Kier molecular flexibility index (Phi) is 6.33. The Morgan fingerprint density at radius 3 is 2.63 bits per heavy atom. The van der Waals surface area contributed by atoms with Crippen LogP contribution < -0.4 is 5.73 Å². The van der Waals surface area contributed by atoms with Crippen LogP contribution in [0.4, 0.5) is 10.1 Å². The zero-order chi connectivity index (χ0) is 14.3. The molecule has 0 saturated carbocycles. The fourth-order valence-corrected chi connectivity index (χ4v) is 2.22. The highest BCUT2D eigenvalue weighted by molar-refractivity contribution is 5.78. The van der Waals surface area contributed by atoms with Gasteiger partial charge in [0.25, 0.3) is 0 Å². The fourth-order valence-electron chi connectivity index (χ4n) is 2.22. The number of rotatable bonds is 8. The number of anilines is 1. The molecule has 0 spiro atoms. The Morgan fingerprint density at radius 1 is 1.32 bits per heavy atom. The Hall–Kier alpha value is -1.58. The van der Waals surface area contributed by atoms with E-state index in [1.807, 2.05) is 0 Å². The monoisotopic (exact) mass is 267 g/mol. The fraction of sp³-hybridized carbons (Fsp3) is 0.533. The standard InChI is InChI=1S/C15H22FNO2/c1-2-3-4-5-6-8-12(15(18)19)11-9-7-10-13(16)14(11)17/h7,9-10,12H,2-6,8,17H2,1H3,(H,18,19). The predicted octanol–water partition coefficient (Wildman–Crippen LogP) is 3.94. The van der Waals surface area contributed by atoms with Gasteiger partial charge in [0.15, 0.2) is 0 Å². The number of halogens is 1. The van der Waals surface area contributed by atoms with Crippen molar-refractivity contribution in [2.24, 2.45) is 0 Å². The minimum Gasteiger partial charge on any atom is -0.481 e. The molecule has 1 atom stereocenters. The van der Waals surface area contributed by atoms with Crippen molar-refractivity contribution < 1.29 is 14.3 Å². The largest absolute Gasteiger partial charge is 0.481 e. The number of hydrogen-bond donors (Lipinski definition) is 2. The summed E-state index contributed by atoms with van der Waals surface area (Å²) in [5, 5.41) is 9.27. The lowest BCUT2D eigenvalue weighted by Crippen LogP contribution is -2.14. The molecule has 106 valence electrons. The molecule has 1 unspecified atom stereocenters. The normalized spacial score (nSPS) is 12.3. The molecule has 19 heavy (non-hydrogen) atoms. The zero-order valence-corrected chi connectivity index (χ0v) is 11.4. The Bertz CT molecular complexity index is 421. The molecule has 0 aliphatic carbocycles. The third-order valence-corrected chi connectivity index (χ3v) is 3.36. The van der Waals surface area contributed by atoms with Gasteiger partial charge in [0.1, 0.15) is 5.82 Å². The van der Waals surface area contributed by atoms with Gasteiger partial charge in [0.2, 0.25) is 0 Å². The van der Waals surface area contributed by atoms with Crippen LogP contribution in [-0.4, -0.2) is 11.1 Å². The van der Waals surface area contributed by atoms with E-state index >= 15 is 0 Å². The molecule has 1 aromatic carbocycles. The maximum absolute atomic E-state index is 13.4. The summed E-state index contributed by atoms with van der Waals surface area (Å²) in [6.07, 6.45) is 5.77. The molecular weight excluding hydrogens is 245 g/mol. The van der Waals surface area contributed by atoms with E-state index in [4.69, 9.17) is 5.73 Å². The number of unbranched alkanes of at least 4 members (excludes halogenated alkanes) is 4. The summed E-state index contributed by atoms with van der Waals surface area (Å²) < 4.78 is 13.4. The van der Waals surface area contributed by atoms with Crippen LogP contribution in [0.25, 0.3) is 0 Å². The number of carboxylic acids is 1. The molecule has 0 aliphatic rings. The van der Waals surface area contributed by atoms with E-state index in [0.717, 1.165) is 25.7 Å². The molecule has 0 aromatic heterocycles. The van der Waals surface area contributed by atoms with Gasteiger partial charge in [0.05, 0.1) is 11.6 Å². The molecule has 3 nitrogen and oxygen atoms in total. The Morgan fingerprint density at radius 2 is 2.00 bits per heavy atom. The number of carbonyl (C=O) groups is 1. The highest BCUT2D eigenvalue weighted by Gasteiger charge is 2.22. The van der Waals surface area contributed by atoms with Crippen molar-refractivity contribution in [2.45, 2.75) is 51.4 Å². The molecule has 0 saturated heterocycles. The SMILES string of the molecule is CCCCCCCC(C(=O)O)c1cccc(F)c1N. The minimum atomic E-state index is -0.937. The van der Waals surface area contributed by atoms with Crippen LogP contribution in [0.15, 0.2) is 18.2 Å².